The van der Waals surface area contributed by atoms with Crippen LogP contribution in [0, 0.1) is 0 Å². The van der Waals surface area contributed by atoms with E-state index in [4.69, 9.17) is 10.0 Å². The number of carbonyl (C=O) groups excluding carboxylic acids is 1. The van der Waals surface area contributed by atoms with Crippen molar-refractivity contribution in [2.24, 2.45) is 0 Å². The van der Waals surface area contributed by atoms with Gasteiger partial charge in [0.1, 0.15) is 0 Å². The van der Waals surface area contributed by atoms with Gasteiger partial charge in [0.15, 0.2) is 0 Å². The standard InChI is InChI=1S/C10H15BN2O3/c1-12-10(14)13-9(11(15)16)7-8-5-3-2-4-6-8/h2-6,9,15-16H,7H2,1H3,(H2,12,13,14). The number of benzene rings is 1. The molecule has 0 saturated carbocycles. The maximum absolute atomic E-state index is 11.1. The SMILES string of the molecule is CNC(=O)NC(Cc1ccccc1)B(O)O. The zero-order chi connectivity index (χ0) is 12.0. The van der Waals surface area contributed by atoms with E-state index < -0.39 is 19.1 Å². The summed E-state index contributed by atoms with van der Waals surface area (Å²) >= 11 is 0. The third-order valence-electron chi connectivity index (χ3n) is 2.20. The van der Waals surface area contributed by atoms with Crippen LogP contribution in [0.1, 0.15) is 5.56 Å². The summed E-state index contributed by atoms with van der Waals surface area (Å²) in [7, 11) is -0.115. The predicted molar refractivity (Wildman–Crippen MR) is 61.7 cm³/mol. The van der Waals surface area contributed by atoms with Crippen molar-refractivity contribution in [1.82, 2.24) is 10.6 Å². The highest BCUT2D eigenvalue weighted by molar-refractivity contribution is 6.43. The Kier molecular flexibility index (Phi) is 4.82. The third kappa shape index (κ3) is 3.92. The first-order valence-corrected chi connectivity index (χ1v) is 5.02. The van der Waals surface area contributed by atoms with Crippen LogP contribution < -0.4 is 10.6 Å². The minimum Gasteiger partial charge on any atom is -0.426 e. The molecule has 16 heavy (non-hydrogen) atoms. The zero-order valence-electron chi connectivity index (χ0n) is 9.05. The number of hydrogen-bond donors (Lipinski definition) is 4. The van der Waals surface area contributed by atoms with Crippen molar-refractivity contribution in [2.75, 3.05) is 7.05 Å². The van der Waals surface area contributed by atoms with E-state index in [-0.39, 0.29) is 0 Å². The largest absolute Gasteiger partial charge is 0.475 e. The molecule has 5 nitrogen and oxygen atoms in total. The lowest BCUT2D eigenvalue weighted by Gasteiger charge is -2.17. The van der Waals surface area contributed by atoms with Crippen LogP contribution in [0.25, 0.3) is 0 Å². The monoisotopic (exact) mass is 222 g/mol. The van der Waals surface area contributed by atoms with Gasteiger partial charge in [-0.05, 0) is 12.0 Å². The summed E-state index contributed by atoms with van der Waals surface area (Å²) in [5.74, 6) is -0.720. The van der Waals surface area contributed by atoms with Crippen LogP contribution in [0.5, 0.6) is 0 Å². The number of amides is 2. The fourth-order valence-corrected chi connectivity index (χ4v) is 1.34. The molecule has 0 aliphatic heterocycles. The fraction of sp³-hybridized carbons (Fsp3) is 0.300. The Balaban J connectivity index is 2.62. The topological polar surface area (TPSA) is 81.6 Å². The zero-order valence-corrected chi connectivity index (χ0v) is 9.05. The maximum Gasteiger partial charge on any atom is 0.475 e. The molecule has 0 fully saturated rings. The van der Waals surface area contributed by atoms with Gasteiger partial charge in [-0.1, -0.05) is 30.3 Å². The highest BCUT2D eigenvalue weighted by atomic mass is 16.4. The average molecular weight is 222 g/mol. The molecule has 0 aromatic heterocycles. The molecular formula is C10H15BN2O3. The Morgan fingerprint density at radius 3 is 2.50 bits per heavy atom. The van der Waals surface area contributed by atoms with Gasteiger partial charge in [-0.25, -0.2) is 4.79 Å². The van der Waals surface area contributed by atoms with Gasteiger partial charge in [0.2, 0.25) is 0 Å². The lowest BCUT2D eigenvalue weighted by Crippen LogP contribution is -2.50. The van der Waals surface area contributed by atoms with Crippen LogP contribution >= 0.6 is 0 Å². The summed E-state index contributed by atoms with van der Waals surface area (Å²) < 4.78 is 0. The van der Waals surface area contributed by atoms with Crippen LogP contribution in [-0.2, 0) is 6.42 Å². The number of nitrogens with one attached hydrogen (secondary N) is 2. The van der Waals surface area contributed by atoms with Crippen molar-refractivity contribution >= 4 is 13.1 Å². The molecule has 0 aliphatic rings. The molecule has 0 bridgehead atoms. The van der Waals surface area contributed by atoms with E-state index in [0.29, 0.717) is 6.42 Å². The van der Waals surface area contributed by atoms with Crippen LogP contribution in [0.4, 0.5) is 4.79 Å². The van der Waals surface area contributed by atoms with Crippen molar-refractivity contribution in [1.29, 1.82) is 0 Å². The Bertz CT molecular complexity index is 332. The number of urea groups is 1. The van der Waals surface area contributed by atoms with Crippen molar-refractivity contribution in [3.63, 3.8) is 0 Å². The Hall–Kier alpha value is -1.53. The summed E-state index contributed by atoms with van der Waals surface area (Å²) in [5, 5.41) is 23.1. The molecule has 1 aromatic rings. The van der Waals surface area contributed by atoms with Crippen molar-refractivity contribution in [3.05, 3.63) is 35.9 Å². The molecular weight excluding hydrogens is 207 g/mol. The van der Waals surface area contributed by atoms with Crippen molar-refractivity contribution in [2.45, 2.75) is 12.4 Å². The lowest BCUT2D eigenvalue weighted by molar-refractivity contribution is 0.239. The van der Waals surface area contributed by atoms with E-state index in [1.807, 2.05) is 30.3 Å². The number of carbonyl (C=O) groups is 1. The van der Waals surface area contributed by atoms with E-state index in [1.165, 1.54) is 7.05 Å². The number of rotatable bonds is 4. The van der Waals surface area contributed by atoms with Gasteiger partial charge in [-0.3, -0.25) is 0 Å². The van der Waals surface area contributed by atoms with Gasteiger partial charge >= 0.3 is 13.1 Å². The van der Waals surface area contributed by atoms with Crippen LogP contribution in [0.3, 0.4) is 0 Å². The van der Waals surface area contributed by atoms with E-state index in [1.54, 1.807) is 0 Å². The minimum absolute atomic E-state index is 0.367. The van der Waals surface area contributed by atoms with E-state index in [0.717, 1.165) is 5.56 Å². The highest BCUT2D eigenvalue weighted by Crippen LogP contribution is 2.03. The molecule has 2 amide bonds. The van der Waals surface area contributed by atoms with Crippen molar-refractivity contribution < 1.29 is 14.8 Å². The number of hydrogen-bond acceptors (Lipinski definition) is 3. The second kappa shape index (κ2) is 6.14. The maximum atomic E-state index is 11.1. The second-order valence-corrected chi connectivity index (χ2v) is 3.43. The highest BCUT2D eigenvalue weighted by Gasteiger charge is 2.24. The Labute approximate surface area is 94.6 Å². The molecule has 0 radical (unpaired) electrons. The fourth-order valence-electron chi connectivity index (χ4n) is 1.34. The second-order valence-electron chi connectivity index (χ2n) is 3.43. The first-order valence-electron chi connectivity index (χ1n) is 5.02. The molecule has 0 heterocycles. The summed E-state index contributed by atoms with van der Waals surface area (Å²) in [5.41, 5.74) is 0.928. The van der Waals surface area contributed by atoms with Gasteiger partial charge in [-0.2, -0.15) is 0 Å². The summed E-state index contributed by atoms with van der Waals surface area (Å²) in [6.07, 6.45) is 0.367. The van der Waals surface area contributed by atoms with Crippen LogP contribution in [-0.4, -0.2) is 36.2 Å². The molecule has 86 valence electrons. The van der Waals surface area contributed by atoms with Gasteiger partial charge in [0, 0.05) is 7.05 Å². The van der Waals surface area contributed by atoms with Crippen molar-refractivity contribution in [3.8, 4) is 0 Å². The first-order chi connectivity index (χ1) is 7.63. The Morgan fingerprint density at radius 2 is 2.00 bits per heavy atom. The van der Waals surface area contributed by atoms with Gasteiger partial charge in [-0.15, -0.1) is 0 Å². The summed E-state index contributed by atoms with van der Waals surface area (Å²) in [6, 6.07) is 8.88. The smallest absolute Gasteiger partial charge is 0.426 e. The molecule has 1 rings (SSSR count). The Morgan fingerprint density at radius 1 is 1.38 bits per heavy atom. The lowest BCUT2D eigenvalue weighted by atomic mass is 9.76. The van der Waals surface area contributed by atoms with Crippen LogP contribution in [0.2, 0.25) is 0 Å². The van der Waals surface area contributed by atoms with Crippen LogP contribution in [0.15, 0.2) is 30.3 Å². The molecule has 6 heteroatoms. The molecule has 1 unspecified atom stereocenters. The predicted octanol–water partition coefficient (Wildman–Crippen LogP) is -0.461. The minimum atomic E-state index is -1.59. The molecule has 1 aromatic carbocycles. The average Bonchev–Trinajstić information content (AvgIpc) is 2.29. The van der Waals surface area contributed by atoms with E-state index >= 15 is 0 Å². The van der Waals surface area contributed by atoms with Gasteiger partial charge in [0.05, 0.1) is 5.94 Å². The third-order valence-corrected chi connectivity index (χ3v) is 2.20. The molecule has 0 aliphatic carbocycles. The molecule has 1 atom stereocenters. The normalized spacial score (nSPS) is 11.7. The van der Waals surface area contributed by atoms with E-state index in [9.17, 15) is 4.79 Å². The van der Waals surface area contributed by atoms with Gasteiger partial charge < -0.3 is 20.7 Å². The molecule has 0 spiro atoms. The summed E-state index contributed by atoms with van der Waals surface area (Å²) in [6.45, 7) is 0. The van der Waals surface area contributed by atoms with E-state index in [2.05, 4.69) is 10.6 Å². The summed E-state index contributed by atoms with van der Waals surface area (Å²) in [4.78, 5) is 11.1. The quantitative estimate of drug-likeness (QED) is 0.520. The molecule has 4 N–H and O–H groups in total. The molecule has 0 saturated heterocycles. The van der Waals surface area contributed by atoms with Gasteiger partial charge in [0.25, 0.3) is 0 Å². The first kappa shape index (κ1) is 12.5.